The molecule has 29 heavy (non-hydrogen) atoms. The maximum atomic E-state index is 13.0. The van der Waals surface area contributed by atoms with Crippen LogP contribution in [0.1, 0.15) is 56.0 Å². The van der Waals surface area contributed by atoms with E-state index in [2.05, 4.69) is 5.32 Å². The first-order chi connectivity index (χ1) is 13.5. The van der Waals surface area contributed by atoms with Crippen molar-refractivity contribution in [3.8, 4) is 0 Å². The summed E-state index contributed by atoms with van der Waals surface area (Å²) in [6.45, 7) is 6.49. The fourth-order valence-electron chi connectivity index (χ4n) is 3.44. The van der Waals surface area contributed by atoms with Crippen molar-refractivity contribution in [2.75, 3.05) is 13.1 Å². The Labute approximate surface area is 171 Å². The summed E-state index contributed by atoms with van der Waals surface area (Å²) in [5.41, 5.74) is 5.58. The van der Waals surface area contributed by atoms with E-state index in [9.17, 15) is 14.4 Å². The Bertz CT molecular complexity index is 780. The summed E-state index contributed by atoms with van der Waals surface area (Å²) in [5.74, 6) is -1.11. The minimum absolute atomic E-state index is 0.0500. The number of carboxylic acid groups (broad SMARTS) is 1. The molecule has 158 valence electrons. The zero-order valence-electron chi connectivity index (χ0n) is 17.2. The minimum atomic E-state index is -0.811. The lowest BCUT2D eigenvalue weighted by Crippen LogP contribution is -2.53. The molecule has 1 atom stereocenters. The number of carboxylic acids is 1. The summed E-state index contributed by atoms with van der Waals surface area (Å²) in [6.07, 6.45) is 1.50. The van der Waals surface area contributed by atoms with Gasteiger partial charge in [-0.25, -0.2) is 0 Å². The fourth-order valence-corrected chi connectivity index (χ4v) is 3.44. The van der Waals surface area contributed by atoms with Crippen LogP contribution in [0.2, 0.25) is 0 Å². The standard InChI is InChI=1S/C21H30N4O4/c1-13(24-19(28)16-6-4-15(5-7-16)18(22)23)21(2,3)20(29)25-10-8-14(9-11-25)12-17(26)27/h4-7,13-14H,8-12H2,1-3H3,(H3,22,23)(H,24,28)(H,26,27)/t13-/m1/s1. The number of amidine groups is 1. The molecule has 8 nitrogen and oxygen atoms in total. The third-order valence-electron chi connectivity index (χ3n) is 5.80. The van der Waals surface area contributed by atoms with E-state index in [0.29, 0.717) is 37.1 Å². The Morgan fingerprint density at radius 1 is 1.21 bits per heavy atom. The number of piperidine rings is 1. The smallest absolute Gasteiger partial charge is 0.303 e. The van der Waals surface area contributed by atoms with E-state index in [1.54, 1.807) is 36.1 Å². The van der Waals surface area contributed by atoms with E-state index in [1.807, 2.05) is 13.8 Å². The van der Waals surface area contributed by atoms with Crippen molar-refractivity contribution in [3.05, 3.63) is 35.4 Å². The van der Waals surface area contributed by atoms with Gasteiger partial charge in [-0.05, 0) is 51.7 Å². The van der Waals surface area contributed by atoms with Crippen molar-refractivity contribution >= 4 is 23.6 Å². The largest absolute Gasteiger partial charge is 0.481 e. The molecule has 1 heterocycles. The zero-order chi connectivity index (χ0) is 21.8. The van der Waals surface area contributed by atoms with Crippen molar-refractivity contribution in [1.29, 1.82) is 5.41 Å². The molecular formula is C21H30N4O4. The number of likely N-dealkylation sites (tertiary alicyclic amines) is 1. The van der Waals surface area contributed by atoms with Crippen LogP contribution in [0.3, 0.4) is 0 Å². The molecule has 5 N–H and O–H groups in total. The average Bonchev–Trinajstić information content (AvgIpc) is 2.67. The number of benzene rings is 1. The molecule has 1 aliphatic rings. The van der Waals surface area contributed by atoms with Gasteiger partial charge in [0.15, 0.2) is 0 Å². The molecule has 0 aliphatic carbocycles. The number of nitrogen functional groups attached to an aromatic ring is 1. The second-order valence-corrected chi connectivity index (χ2v) is 8.24. The number of carbonyl (C=O) groups is 3. The minimum Gasteiger partial charge on any atom is -0.481 e. The molecule has 0 unspecified atom stereocenters. The summed E-state index contributed by atoms with van der Waals surface area (Å²) in [5, 5.41) is 19.2. The van der Waals surface area contributed by atoms with Crippen molar-refractivity contribution in [1.82, 2.24) is 10.2 Å². The number of hydrogen-bond acceptors (Lipinski definition) is 4. The van der Waals surface area contributed by atoms with Crippen LogP contribution in [-0.4, -0.2) is 52.8 Å². The van der Waals surface area contributed by atoms with Gasteiger partial charge in [0, 0.05) is 36.7 Å². The Morgan fingerprint density at radius 2 is 1.72 bits per heavy atom. The third-order valence-corrected chi connectivity index (χ3v) is 5.80. The maximum absolute atomic E-state index is 13.0. The Morgan fingerprint density at radius 3 is 2.21 bits per heavy atom. The van der Waals surface area contributed by atoms with E-state index < -0.39 is 17.4 Å². The van der Waals surface area contributed by atoms with Crippen LogP contribution in [0.5, 0.6) is 0 Å². The average molecular weight is 402 g/mol. The third kappa shape index (κ3) is 5.56. The lowest BCUT2D eigenvalue weighted by atomic mass is 9.82. The molecule has 0 aromatic heterocycles. The van der Waals surface area contributed by atoms with Crippen LogP contribution < -0.4 is 11.1 Å². The molecule has 0 saturated carbocycles. The highest BCUT2D eigenvalue weighted by molar-refractivity contribution is 5.98. The highest BCUT2D eigenvalue weighted by Crippen LogP contribution is 2.28. The van der Waals surface area contributed by atoms with Crippen molar-refractivity contribution < 1.29 is 19.5 Å². The molecule has 1 aliphatic heterocycles. The lowest BCUT2D eigenvalue weighted by molar-refractivity contribution is -0.143. The van der Waals surface area contributed by atoms with Crippen LogP contribution in [-0.2, 0) is 9.59 Å². The van der Waals surface area contributed by atoms with E-state index in [1.165, 1.54) is 0 Å². The highest BCUT2D eigenvalue weighted by Gasteiger charge is 2.39. The molecule has 0 bridgehead atoms. The van der Waals surface area contributed by atoms with E-state index in [0.717, 1.165) is 0 Å². The molecule has 1 fully saturated rings. The molecule has 2 rings (SSSR count). The SMILES string of the molecule is C[C@@H](NC(=O)c1ccc(C(=N)N)cc1)C(C)(C)C(=O)N1CCC(CC(=O)O)CC1. The van der Waals surface area contributed by atoms with Crippen molar-refractivity contribution in [3.63, 3.8) is 0 Å². The number of nitrogens with one attached hydrogen (secondary N) is 2. The topological polar surface area (TPSA) is 137 Å². The van der Waals surface area contributed by atoms with E-state index in [4.69, 9.17) is 16.2 Å². The molecule has 1 aromatic rings. The van der Waals surface area contributed by atoms with E-state index >= 15 is 0 Å². The van der Waals surface area contributed by atoms with Crippen molar-refractivity contribution in [2.24, 2.45) is 17.1 Å². The summed E-state index contributed by atoms with van der Waals surface area (Å²) in [4.78, 5) is 38.2. The Balaban J connectivity index is 1.97. The van der Waals surface area contributed by atoms with Crippen LogP contribution in [0.4, 0.5) is 0 Å². The number of amides is 2. The zero-order valence-corrected chi connectivity index (χ0v) is 17.2. The first kappa shape index (κ1) is 22.4. The van der Waals surface area contributed by atoms with Gasteiger partial charge >= 0.3 is 5.97 Å². The number of aliphatic carboxylic acids is 1. The van der Waals surface area contributed by atoms with Crippen LogP contribution in [0.25, 0.3) is 0 Å². The summed E-state index contributed by atoms with van der Waals surface area (Å²) >= 11 is 0. The predicted octanol–water partition coefficient (Wildman–Crippen LogP) is 1.83. The molecule has 8 heteroatoms. The fraction of sp³-hybridized carbons (Fsp3) is 0.524. The molecule has 1 saturated heterocycles. The van der Waals surface area contributed by atoms with Crippen LogP contribution >= 0.6 is 0 Å². The van der Waals surface area contributed by atoms with Gasteiger partial charge in [-0.15, -0.1) is 0 Å². The second-order valence-electron chi connectivity index (χ2n) is 8.24. The lowest BCUT2D eigenvalue weighted by Gasteiger charge is -2.39. The number of rotatable bonds is 7. The summed E-state index contributed by atoms with van der Waals surface area (Å²) in [6, 6.07) is 6.01. The highest BCUT2D eigenvalue weighted by atomic mass is 16.4. The van der Waals surface area contributed by atoms with Gasteiger partial charge in [-0.1, -0.05) is 12.1 Å². The van der Waals surface area contributed by atoms with Gasteiger partial charge in [-0.3, -0.25) is 19.8 Å². The maximum Gasteiger partial charge on any atom is 0.303 e. The van der Waals surface area contributed by atoms with Gasteiger partial charge < -0.3 is 21.1 Å². The molecular weight excluding hydrogens is 372 g/mol. The number of nitrogens with zero attached hydrogens (tertiary/aromatic N) is 1. The quantitative estimate of drug-likeness (QED) is 0.407. The van der Waals surface area contributed by atoms with E-state index in [-0.39, 0.29) is 30.0 Å². The van der Waals surface area contributed by atoms with Gasteiger partial charge in [0.05, 0.1) is 5.41 Å². The first-order valence-electron chi connectivity index (χ1n) is 9.79. The molecule has 0 spiro atoms. The second kappa shape index (κ2) is 9.07. The Kier molecular flexibility index (Phi) is 7.00. The van der Waals surface area contributed by atoms with Crippen LogP contribution in [0.15, 0.2) is 24.3 Å². The molecule has 1 aromatic carbocycles. The normalized spacial score (nSPS) is 16.2. The van der Waals surface area contributed by atoms with Crippen molar-refractivity contribution in [2.45, 2.75) is 46.1 Å². The molecule has 0 radical (unpaired) electrons. The first-order valence-corrected chi connectivity index (χ1v) is 9.79. The number of nitrogens with two attached hydrogens (primary N) is 1. The summed E-state index contributed by atoms with van der Waals surface area (Å²) in [7, 11) is 0. The summed E-state index contributed by atoms with van der Waals surface area (Å²) < 4.78 is 0. The van der Waals surface area contributed by atoms with Gasteiger partial charge in [0.1, 0.15) is 5.84 Å². The van der Waals surface area contributed by atoms with Gasteiger partial charge in [0.25, 0.3) is 5.91 Å². The number of carbonyl (C=O) groups excluding carboxylic acids is 2. The monoisotopic (exact) mass is 402 g/mol. The Hall–Kier alpha value is -2.90. The molecule has 2 amide bonds. The number of hydrogen-bond donors (Lipinski definition) is 4. The predicted molar refractivity (Wildman–Crippen MR) is 110 cm³/mol. The van der Waals surface area contributed by atoms with Crippen LogP contribution in [0, 0.1) is 16.7 Å². The van der Waals surface area contributed by atoms with Gasteiger partial charge in [-0.2, -0.15) is 0 Å². The van der Waals surface area contributed by atoms with Gasteiger partial charge in [0.2, 0.25) is 5.91 Å².